The van der Waals surface area contributed by atoms with E-state index in [9.17, 15) is 19.5 Å². The molecule has 6 heteroatoms. The van der Waals surface area contributed by atoms with E-state index in [-0.39, 0.29) is 23.0 Å². The molecule has 0 atom stereocenters. The van der Waals surface area contributed by atoms with Gasteiger partial charge in [0.2, 0.25) is 5.91 Å². The first-order valence-electron chi connectivity index (χ1n) is 8.31. The van der Waals surface area contributed by atoms with Crippen LogP contribution in [0, 0.1) is 6.92 Å². The van der Waals surface area contributed by atoms with Crippen molar-refractivity contribution in [3.05, 3.63) is 59.2 Å². The van der Waals surface area contributed by atoms with Gasteiger partial charge >= 0.3 is 5.97 Å². The Morgan fingerprint density at radius 3 is 2.42 bits per heavy atom. The number of aryl methyl sites for hydroxylation is 1. The van der Waals surface area contributed by atoms with Crippen LogP contribution in [0.4, 0.5) is 5.69 Å². The Kier molecular flexibility index (Phi) is 6.49. The minimum Gasteiger partial charge on any atom is -0.507 e. The molecule has 0 aliphatic carbocycles. The number of phenols is 1. The second kappa shape index (κ2) is 8.80. The van der Waals surface area contributed by atoms with E-state index in [4.69, 9.17) is 4.74 Å². The molecule has 0 radical (unpaired) electrons. The van der Waals surface area contributed by atoms with Crippen LogP contribution < -0.4 is 5.32 Å². The summed E-state index contributed by atoms with van der Waals surface area (Å²) in [5.74, 6) is -1.38. The van der Waals surface area contributed by atoms with Crippen LogP contribution in [-0.2, 0) is 9.53 Å². The fraction of sp³-hybridized carbons (Fsp3) is 0.250. The Labute approximate surface area is 151 Å². The van der Waals surface area contributed by atoms with E-state index >= 15 is 0 Å². The number of Topliss-reactive ketones (excluding diaryl/α,β-unsaturated/α-hetero) is 1. The minimum absolute atomic E-state index is 0.0202. The van der Waals surface area contributed by atoms with Gasteiger partial charge in [-0.3, -0.25) is 9.59 Å². The highest BCUT2D eigenvalue weighted by atomic mass is 16.5. The minimum atomic E-state index is -0.761. The Balaban J connectivity index is 1.94. The van der Waals surface area contributed by atoms with E-state index in [1.54, 1.807) is 43.3 Å². The van der Waals surface area contributed by atoms with Gasteiger partial charge in [0.15, 0.2) is 12.4 Å². The molecule has 136 valence electrons. The van der Waals surface area contributed by atoms with E-state index in [1.807, 2.05) is 6.92 Å². The highest BCUT2D eigenvalue weighted by Crippen LogP contribution is 2.22. The Bertz CT molecular complexity index is 811. The molecule has 0 saturated carbocycles. The number of carbonyl (C=O) groups is 3. The third kappa shape index (κ3) is 4.92. The zero-order chi connectivity index (χ0) is 19.1. The molecule has 0 bridgehead atoms. The molecular weight excluding hydrogens is 334 g/mol. The van der Waals surface area contributed by atoms with Crippen LogP contribution in [0.3, 0.4) is 0 Å². The highest BCUT2D eigenvalue weighted by Gasteiger charge is 2.16. The maximum absolute atomic E-state index is 12.1. The van der Waals surface area contributed by atoms with E-state index in [0.717, 1.165) is 6.42 Å². The van der Waals surface area contributed by atoms with Crippen LogP contribution in [0.1, 0.15) is 46.0 Å². The number of amides is 1. The van der Waals surface area contributed by atoms with Crippen molar-refractivity contribution >= 4 is 23.3 Å². The summed E-state index contributed by atoms with van der Waals surface area (Å²) in [5.41, 5.74) is 1.53. The van der Waals surface area contributed by atoms with Crippen LogP contribution in [0.15, 0.2) is 42.5 Å². The van der Waals surface area contributed by atoms with Crippen molar-refractivity contribution in [1.82, 2.24) is 0 Å². The Morgan fingerprint density at radius 2 is 1.77 bits per heavy atom. The van der Waals surface area contributed by atoms with Crippen molar-refractivity contribution in [2.45, 2.75) is 26.7 Å². The number of carbonyl (C=O) groups excluding carboxylic acids is 3. The number of nitrogens with one attached hydrogen (secondary N) is 1. The second-order valence-electron chi connectivity index (χ2n) is 5.85. The smallest absolute Gasteiger partial charge is 0.342 e. The molecule has 26 heavy (non-hydrogen) atoms. The number of ether oxygens (including phenoxy) is 1. The van der Waals surface area contributed by atoms with Gasteiger partial charge in [-0.1, -0.05) is 19.1 Å². The largest absolute Gasteiger partial charge is 0.507 e. The number of para-hydroxylation sites is 1. The highest BCUT2D eigenvalue weighted by molar-refractivity contribution is 6.00. The first kappa shape index (κ1) is 19.2. The molecule has 2 rings (SSSR count). The van der Waals surface area contributed by atoms with Crippen LogP contribution >= 0.6 is 0 Å². The predicted molar refractivity (Wildman–Crippen MR) is 97.4 cm³/mol. The normalized spacial score (nSPS) is 10.2. The van der Waals surface area contributed by atoms with Gasteiger partial charge < -0.3 is 15.2 Å². The summed E-state index contributed by atoms with van der Waals surface area (Å²) in [6.07, 6.45) is 1.19. The lowest BCUT2D eigenvalue weighted by Gasteiger charge is -2.08. The van der Waals surface area contributed by atoms with Crippen molar-refractivity contribution in [3.63, 3.8) is 0 Å². The van der Waals surface area contributed by atoms with Gasteiger partial charge in [0.05, 0.1) is 0 Å². The molecule has 0 heterocycles. The number of esters is 1. The van der Waals surface area contributed by atoms with Gasteiger partial charge in [0, 0.05) is 17.7 Å². The van der Waals surface area contributed by atoms with Gasteiger partial charge in [-0.15, -0.1) is 0 Å². The number of hydrogen-bond acceptors (Lipinski definition) is 5. The molecule has 2 aromatic carbocycles. The van der Waals surface area contributed by atoms with Crippen LogP contribution in [0.5, 0.6) is 5.75 Å². The molecule has 0 aliphatic rings. The third-order valence-corrected chi connectivity index (χ3v) is 3.76. The van der Waals surface area contributed by atoms with Crippen molar-refractivity contribution in [2.24, 2.45) is 0 Å². The summed E-state index contributed by atoms with van der Waals surface area (Å²) in [6.45, 7) is 3.14. The Morgan fingerprint density at radius 1 is 1.08 bits per heavy atom. The molecule has 2 aromatic rings. The van der Waals surface area contributed by atoms with Crippen molar-refractivity contribution in [3.8, 4) is 5.75 Å². The summed E-state index contributed by atoms with van der Waals surface area (Å²) >= 11 is 0. The monoisotopic (exact) mass is 355 g/mol. The lowest BCUT2D eigenvalue weighted by molar-refractivity contribution is -0.116. The fourth-order valence-corrected chi connectivity index (χ4v) is 2.31. The van der Waals surface area contributed by atoms with E-state index in [2.05, 4.69) is 5.32 Å². The zero-order valence-electron chi connectivity index (χ0n) is 14.7. The average Bonchev–Trinajstić information content (AvgIpc) is 2.62. The molecule has 1 amide bonds. The number of aromatic hydroxyl groups is 1. The molecule has 0 aromatic heterocycles. The molecule has 2 N–H and O–H groups in total. The van der Waals surface area contributed by atoms with Gasteiger partial charge in [-0.05, 0) is 49.2 Å². The topological polar surface area (TPSA) is 92.7 Å². The average molecular weight is 355 g/mol. The zero-order valence-corrected chi connectivity index (χ0v) is 14.7. The standard InChI is InChI=1S/C20H21NO5/c1-3-5-18(23)21-15-10-8-14(9-11-15)17(22)12-26-20(25)16-7-4-6-13(2)19(16)24/h4,6-11,24H,3,5,12H2,1-2H3,(H,21,23). The lowest BCUT2D eigenvalue weighted by Crippen LogP contribution is -2.15. The second-order valence-corrected chi connectivity index (χ2v) is 5.85. The van der Waals surface area contributed by atoms with Crippen molar-refractivity contribution < 1.29 is 24.2 Å². The maximum atomic E-state index is 12.1. The molecule has 6 nitrogen and oxygen atoms in total. The van der Waals surface area contributed by atoms with Gasteiger partial charge in [-0.2, -0.15) is 0 Å². The first-order chi connectivity index (χ1) is 12.4. The molecule has 0 unspecified atom stereocenters. The molecule has 0 saturated heterocycles. The number of rotatable bonds is 7. The van der Waals surface area contributed by atoms with Crippen LogP contribution in [-0.4, -0.2) is 29.4 Å². The quantitative estimate of drug-likeness (QED) is 0.586. The summed E-state index contributed by atoms with van der Waals surface area (Å²) in [6, 6.07) is 11.1. The van der Waals surface area contributed by atoms with Gasteiger partial charge in [-0.25, -0.2) is 4.79 Å². The number of benzene rings is 2. The number of phenolic OH excluding ortho intramolecular Hbond substituents is 1. The number of anilines is 1. The summed E-state index contributed by atoms with van der Waals surface area (Å²) in [7, 11) is 0. The molecule has 0 spiro atoms. The van der Waals surface area contributed by atoms with E-state index in [1.165, 1.54) is 6.07 Å². The van der Waals surface area contributed by atoms with Gasteiger partial charge in [0.25, 0.3) is 0 Å². The van der Waals surface area contributed by atoms with Crippen molar-refractivity contribution in [2.75, 3.05) is 11.9 Å². The van der Waals surface area contributed by atoms with Crippen LogP contribution in [0.25, 0.3) is 0 Å². The SMILES string of the molecule is CCCC(=O)Nc1ccc(C(=O)COC(=O)c2cccc(C)c2O)cc1. The van der Waals surface area contributed by atoms with E-state index < -0.39 is 12.6 Å². The Hall–Kier alpha value is -3.15. The predicted octanol–water partition coefficient (Wildman–Crippen LogP) is 3.48. The third-order valence-electron chi connectivity index (χ3n) is 3.76. The summed E-state index contributed by atoms with van der Waals surface area (Å²) < 4.78 is 4.99. The maximum Gasteiger partial charge on any atom is 0.342 e. The number of ketones is 1. The van der Waals surface area contributed by atoms with E-state index in [0.29, 0.717) is 23.2 Å². The van der Waals surface area contributed by atoms with Crippen LogP contribution in [0.2, 0.25) is 0 Å². The van der Waals surface area contributed by atoms with Gasteiger partial charge in [0.1, 0.15) is 11.3 Å². The first-order valence-corrected chi connectivity index (χ1v) is 8.31. The fourth-order valence-electron chi connectivity index (χ4n) is 2.31. The van der Waals surface area contributed by atoms with Crippen molar-refractivity contribution in [1.29, 1.82) is 0 Å². The summed E-state index contributed by atoms with van der Waals surface area (Å²) in [4.78, 5) is 35.7. The number of hydrogen-bond donors (Lipinski definition) is 2. The lowest BCUT2D eigenvalue weighted by atomic mass is 10.1. The molecule has 0 aliphatic heterocycles. The summed E-state index contributed by atoms with van der Waals surface area (Å²) in [5, 5.41) is 12.6. The molecular formula is C20H21NO5. The molecule has 0 fully saturated rings.